The highest BCUT2D eigenvalue weighted by atomic mass is 16.5. The SMILES string of the molecule is CCC(=O)Oc1ccc(CC)cc1.COC(C)=O. The van der Waals surface area contributed by atoms with Crippen LogP contribution in [0.5, 0.6) is 5.75 Å². The molecule has 0 heterocycles. The smallest absolute Gasteiger partial charge is 0.310 e. The number of rotatable bonds is 3. The van der Waals surface area contributed by atoms with E-state index in [1.54, 1.807) is 6.92 Å². The molecule has 0 aliphatic rings. The second-order valence-electron chi connectivity index (χ2n) is 3.52. The highest BCUT2D eigenvalue weighted by Gasteiger charge is 2.00. The Hall–Kier alpha value is -1.84. The maximum Gasteiger partial charge on any atom is 0.310 e. The van der Waals surface area contributed by atoms with Crippen LogP contribution in [0.3, 0.4) is 0 Å². The first-order chi connectivity index (χ1) is 8.53. The minimum Gasteiger partial charge on any atom is -0.469 e. The predicted octanol–water partition coefficient (Wildman–Crippen LogP) is 2.74. The van der Waals surface area contributed by atoms with E-state index >= 15 is 0 Å². The summed E-state index contributed by atoms with van der Waals surface area (Å²) in [4.78, 5) is 20.5. The molecule has 0 N–H and O–H groups in total. The third kappa shape index (κ3) is 7.44. The number of esters is 2. The third-order valence-electron chi connectivity index (χ3n) is 2.14. The Morgan fingerprint density at radius 3 is 1.94 bits per heavy atom. The zero-order valence-electron chi connectivity index (χ0n) is 11.4. The maximum atomic E-state index is 10.9. The minimum atomic E-state index is -0.245. The van der Waals surface area contributed by atoms with Gasteiger partial charge in [0.15, 0.2) is 0 Å². The first-order valence-corrected chi connectivity index (χ1v) is 5.87. The summed E-state index contributed by atoms with van der Waals surface area (Å²) in [6.45, 7) is 5.23. The second-order valence-corrected chi connectivity index (χ2v) is 3.52. The van der Waals surface area contributed by atoms with Crippen LogP contribution in [-0.2, 0) is 20.7 Å². The lowest BCUT2D eigenvalue weighted by molar-refractivity contribution is -0.138. The van der Waals surface area contributed by atoms with E-state index in [9.17, 15) is 9.59 Å². The van der Waals surface area contributed by atoms with E-state index in [1.165, 1.54) is 19.6 Å². The lowest BCUT2D eigenvalue weighted by atomic mass is 10.2. The van der Waals surface area contributed by atoms with Crippen LogP contribution in [0.15, 0.2) is 24.3 Å². The van der Waals surface area contributed by atoms with Crippen molar-refractivity contribution in [3.63, 3.8) is 0 Å². The molecule has 0 radical (unpaired) electrons. The number of ether oxygens (including phenoxy) is 2. The van der Waals surface area contributed by atoms with Gasteiger partial charge in [0.25, 0.3) is 0 Å². The van der Waals surface area contributed by atoms with Gasteiger partial charge >= 0.3 is 11.9 Å². The highest BCUT2D eigenvalue weighted by Crippen LogP contribution is 2.12. The van der Waals surface area contributed by atoms with E-state index < -0.39 is 0 Å². The Labute approximate surface area is 108 Å². The predicted molar refractivity (Wildman–Crippen MR) is 69.4 cm³/mol. The van der Waals surface area contributed by atoms with Crippen LogP contribution in [0.2, 0.25) is 0 Å². The van der Waals surface area contributed by atoms with Crippen molar-refractivity contribution in [2.24, 2.45) is 0 Å². The monoisotopic (exact) mass is 252 g/mol. The Bertz CT molecular complexity index is 368. The van der Waals surface area contributed by atoms with Crippen molar-refractivity contribution in [2.75, 3.05) is 7.11 Å². The summed E-state index contributed by atoms with van der Waals surface area (Å²) in [6.07, 6.45) is 1.41. The Kier molecular flexibility index (Phi) is 8.27. The van der Waals surface area contributed by atoms with Crippen LogP contribution < -0.4 is 4.74 Å². The Morgan fingerprint density at radius 2 is 1.61 bits per heavy atom. The number of methoxy groups -OCH3 is 1. The number of hydrogen-bond donors (Lipinski definition) is 0. The molecule has 0 fully saturated rings. The molecule has 100 valence electrons. The first kappa shape index (κ1) is 16.2. The molecule has 0 aliphatic carbocycles. The Morgan fingerprint density at radius 1 is 1.11 bits per heavy atom. The van der Waals surface area contributed by atoms with Crippen LogP contribution in [0, 0.1) is 0 Å². The maximum absolute atomic E-state index is 10.9. The fraction of sp³-hybridized carbons (Fsp3) is 0.429. The number of carbonyl (C=O) groups is 2. The molecule has 0 unspecified atom stereocenters. The van der Waals surface area contributed by atoms with Gasteiger partial charge in [0, 0.05) is 13.3 Å². The summed E-state index contributed by atoms with van der Waals surface area (Å²) < 4.78 is 9.14. The lowest BCUT2D eigenvalue weighted by Crippen LogP contribution is -2.05. The molecular weight excluding hydrogens is 232 g/mol. The topological polar surface area (TPSA) is 52.6 Å². The average Bonchev–Trinajstić information content (AvgIpc) is 2.40. The van der Waals surface area contributed by atoms with Gasteiger partial charge in [-0.15, -0.1) is 0 Å². The number of aryl methyl sites for hydroxylation is 1. The molecule has 0 spiro atoms. The molecule has 4 heteroatoms. The van der Waals surface area contributed by atoms with Gasteiger partial charge in [-0.2, -0.15) is 0 Å². The number of benzene rings is 1. The van der Waals surface area contributed by atoms with E-state index in [0.717, 1.165) is 6.42 Å². The van der Waals surface area contributed by atoms with Crippen molar-refractivity contribution in [3.8, 4) is 5.75 Å². The van der Waals surface area contributed by atoms with E-state index in [0.29, 0.717) is 12.2 Å². The molecular formula is C14H20O4. The number of hydrogen-bond acceptors (Lipinski definition) is 4. The summed E-state index contributed by atoms with van der Waals surface area (Å²) in [5, 5.41) is 0. The molecule has 0 bridgehead atoms. The van der Waals surface area contributed by atoms with E-state index in [4.69, 9.17) is 4.74 Å². The van der Waals surface area contributed by atoms with Gasteiger partial charge in [0.2, 0.25) is 0 Å². The minimum absolute atomic E-state index is 0.191. The molecule has 1 aromatic rings. The summed E-state index contributed by atoms with van der Waals surface area (Å²) in [6, 6.07) is 7.59. The van der Waals surface area contributed by atoms with Crippen molar-refractivity contribution >= 4 is 11.9 Å². The summed E-state index contributed by atoms with van der Waals surface area (Å²) in [5.41, 5.74) is 1.25. The molecule has 0 saturated carbocycles. The summed E-state index contributed by atoms with van der Waals surface area (Å²) >= 11 is 0. The molecule has 0 amide bonds. The molecule has 0 aliphatic heterocycles. The van der Waals surface area contributed by atoms with Crippen LogP contribution >= 0.6 is 0 Å². The van der Waals surface area contributed by atoms with Crippen molar-refractivity contribution in [3.05, 3.63) is 29.8 Å². The summed E-state index contributed by atoms with van der Waals surface area (Å²) in [7, 11) is 1.35. The lowest BCUT2D eigenvalue weighted by Gasteiger charge is -2.02. The average molecular weight is 252 g/mol. The molecule has 1 aromatic carbocycles. The quantitative estimate of drug-likeness (QED) is 0.613. The van der Waals surface area contributed by atoms with E-state index in [1.807, 2.05) is 24.3 Å². The van der Waals surface area contributed by atoms with Crippen LogP contribution in [0.1, 0.15) is 32.8 Å². The molecule has 0 aromatic heterocycles. The third-order valence-corrected chi connectivity index (χ3v) is 2.14. The van der Waals surface area contributed by atoms with Gasteiger partial charge in [-0.3, -0.25) is 9.59 Å². The molecule has 4 nitrogen and oxygen atoms in total. The van der Waals surface area contributed by atoms with Gasteiger partial charge < -0.3 is 9.47 Å². The fourth-order valence-electron chi connectivity index (χ4n) is 0.997. The van der Waals surface area contributed by atoms with Crippen LogP contribution in [0.25, 0.3) is 0 Å². The number of carbonyl (C=O) groups excluding carboxylic acids is 2. The molecule has 0 atom stereocenters. The largest absolute Gasteiger partial charge is 0.469 e. The van der Waals surface area contributed by atoms with Crippen molar-refractivity contribution in [2.45, 2.75) is 33.6 Å². The zero-order valence-corrected chi connectivity index (χ0v) is 11.4. The van der Waals surface area contributed by atoms with Crippen molar-refractivity contribution in [1.82, 2.24) is 0 Å². The molecule has 1 rings (SSSR count). The molecule has 0 saturated heterocycles. The fourth-order valence-corrected chi connectivity index (χ4v) is 0.997. The van der Waals surface area contributed by atoms with Gasteiger partial charge in [0.1, 0.15) is 5.75 Å². The van der Waals surface area contributed by atoms with Crippen molar-refractivity contribution in [1.29, 1.82) is 0 Å². The van der Waals surface area contributed by atoms with E-state index in [-0.39, 0.29) is 11.9 Å². The van der Waals surface area contributed by atoms with E-state index in [2.05, 4.69) is 11.7 Å². The highest BCUT2D eigenvalue weighted by molar-refractivity contribution is 5.71. The van der Waals surface area contributed by atoms with Gasteiger partial charge in [0.05, 0.1) is 7.11 Å². The molecule has 18 heavy (non-hydrogen) atoms. The first-order valence-electron chi connectivity index (χ1n) is 5.87. The standard InChI is InChI=1S/C11H14O2.C3H6O2/c1-3-9-5-7-10(8-6-9)13-11(12)4-2;1-3(4)5-2/h5-8H,3-4H2,1-2H3;1-2H3. The second kappa shape index (κ2) is 9.22. The normalized spacial score (nSPS) is 8.89. The van der Waals surface area contributed by atoms with Crippen LogP contribution in [0.4, 0.5) is 0 Å². The van der Waals surface area contributed by atoms with Gasteiger partial charge in [-0.25, -0.2) is 0 Å². The Balaban J connectivity index is 0.000000494. The van der Waals surface area contributed by atoms with Gasteiger partial charge in [-0.05, 0) is 24.1 Å². The van der Waals surface area contributed by atoms with Crippen LogP contribution in [-0.4, -0.2) is 19.0 Å². The zero-order chi connectivity index (χ0) is 14.0. The summed E-state index contributed by atoms with van der Waals surface area (Å²) in [5.74, 6) is 0.193. The van der Waals surface area contributed by atoms with Gasteiger partial charge in [-0.1, -0.05) is 26.0 Å². The van der Waals surface area contributed by atoms with Crippen molar-refractivity contribution < 1.29 is 19.1 Å².